The molecule has 2 aromatic rings. The number of hydrogen-bond acceptors (Lipinski definition) is 3. The van der Waals surface area contributed by atoms with Crippen LogP contribution in [0, 0.1) is 0 Å². The van der Waals surface area contributed by atoms with E-state index in [2.05, 4.69) is 64.7 Å². The Morgan fingerprint density at radius 1 is 1.27 bits per heavy atom. The van der Waals surface area contributed by atoms with Gasteiger partial charge in [0.25, 0.3) is 5.24 Å². The second kappa shape index (κ2) is 8.87. The maximum atomic E-state index is 11.7. The van der Waals surface area contributed by atoms with E-state index in [4.69, 9.17) is 0 Å². The molecule has 0 atom stereocenters. The minimum absolute atomic E-state index is 0.209. The molecule has 0 radical (unpaired) electrons. The summed E-state index contributed by atoms with van der Waals surface area (Å²) in [6.45, 7) is 2.50. The fraction of sp³-hybridized carbons (Fsp3) is 0.300. The summed E-state index contributed by atoms with van der Waals surface area (Å²) < 4.78 is 0. The molecule has 5 nitrogen and oxygen atoms in total. The van der Waals surface area contributed by atoms with Gasteiger partial charge in [-0.3, -0.25) is 4.79 Å². The van der Waals surface area contributed by atoms with Crippen molar-refractivity contribution in [3.63, 3.8) is 0 Å². The third-order valence-electron chi connectivity index (χ3n) is 4.58. The zero-order chi connectivity index (χ0) is 18.4. The molecule has 1 amide bonds. The van der Waals surface area contributed by atoms with Crippen LogP contribution < -0.4 is 15.2 Å². The van der Waals surface area contributed by atoms with Crippen LogP contribution in [0.15, 0.2) is 42.7 Å². The van der Waals surface area contributed by atoms with Gasteiger partial charge in [-0.15, -0.1) is 0 Å². The van der Waals surface area contributed by atoms with Crippen LogP contribution in [0.25, 0.3) is 12.2 Å². The highest BCUT2D eigenvalue weighted by Crippen LogP contribution is 2.19. The molecule has 1 aliphatic heterocycles. The number of rotatable bonds is 7. The molecule has 1 saturated heterocycles. The number of nitrogens with zero attached hydrogens (tertiary/aromatic N) is 2. The summed E-state index contributed by atoms with van der Waals surface area (Å²) in [6.07, 6.45) is 8.21. The van der Waals surface area contributed by atoms with E-state index in [1.807, 2.05) is 24.3 Å². The van der Waals surface area contributed by atoms with Crippen molar-refractivity contribution in [2.24, 2.45) is 0 Å². The first-order chi connectivity index (χ1) is 12.7. The summed E-state index contributed by atoms with van der Waals surface area (Å²) >= 11 is 1.42. The van der Waals surface area contributed by atoms with Crippen LogP contribution in [0.3, 0.4) is 0 Å². The van der Waals surface area contributed by atoms with Gasteiger partial charge in [0, 0.05) is 49.8 Å². The normalized spacial score (nSPS) is 14.4. The predicted octanol–water partition coefficient (Wildman–Crippen LogP) is 2.10. The van der Waals surface area contributed by atoms with Gasteiger partial charge in [0.2, 0.25) is 11.9 Å². The number of aromatic nitrogens is 1. The first-order valence-electron chi connectivity index (χ1n) is 8.88. The lowest BCUT2D eigenvalue weighted by atomic mass is 10.1. The summed E-state index contributed by atoms with van der Waals surface area (Å²) in [4.78, 5) is 18.9. The Balaban J connectivity index is 1.59. The molecule has 136 valence electrons. The van der Waals surface area contributed by atoms with E-state index in [1.165, 1.54) is 34.3 Å². The lowest BCUT2D eigenvalue weighted by Crippen LogP contribution is -2.73. The SMILES string of the molecule is C[NH2+]c1c[nH+]ccc1/C=C/c1ccc(N(C)CCN2CCSC2=O)cc1. The van der Waals surface area contributed by atoms with Crippen molar-refractivity contribution in [1.29, 1.82) is 0 Å². The molecule has 1 aromatic heterocycles. The molecule has 2 heterocycles. The highest BCUT2D eigenvalue weighted by Gasteiger charge is 2.20. The first kappa shape index (κ1) is 18.5. The Morgan fingerprint density at radius 2 is 2.08 bits per heavy atom. The number of likely N-dealkylation sites (N-methyl/N-ethyl adjacent to an activating group) is 1. The molecule has 0 bridgehead atoms. The van der Waals surface area contributed by atoms with Crippen LogP contribution in [0.1, 0.15) is 11.1 Å². The first-order valence-corrected chi connectivity index (χ1v) is 9.86. The van der Waals surface area contributed by atoms with Crippen LogP contribution >= 0.6 is 11.8 Å². The van der Waals surface area contributed by atoms with Gasteiger partial charge in [-0.05, 0) is 23.8 Å². The van der Waals surface area contributed by atoms with E-state index in [9.17, 15) is 4.79 Å². The van der Waals surface area contributed by atoms with Crippen LogP contribution in [0.5, 0.6) is 0 Å². The van der Waals surface area contributed by atoms with E-state index >= 15 is 0 Å². The molecule has 6 heteroatoms. The molecule has 1 fully saturated rings. The zero-order valence-corrected chi connectivity index (χ0v) is 16.1. The van der Waals surface area contributed by atoms with Gasteiger partial charge in [-0.25, -0.2) is 4.98 Å². The van der Waals surface area contributed by atoms with Crippen LogP contribution in [0.4, 0.5) is 16.2 Å². The summed E-state index contributed by atoms with van der Waals surface area (Å²) in [7, 11) is 4.11. The summed E-state index contributed by atoms with van der Waals surface area (Å²) in [5.41, 5.74) is 4.72. The number of benzene rings is 1. The molecule has 1 aromatic carbocycles. The van der Waals surface area contributed by atoms with Gasteiger partial charge in [-0.1, -0.05) is 30.0 Å². The second-order valence-corrected chi connectivity index (χ2v) is 7.34. The van der Waals surface area contributed by atoms with E-state index in [0.29, 0.717) is 0 Å². The van der Waals surface area contributed by atoms with E-state index in [-0.39, 0.29) is 5.24 Å². The number of amides is 1. The monoisotopic (exact) mass is 370 g/mol. The van der Waals surface area contributed by atoms with E-state index < -0.39 is 0 Å². The summed E-state index contributed by atoms with van der Waals surface area (Å²) in [5, 5.41) is 2.30. The van der Waals surface area contributed by atoms with Crippen molar-refractivity contribution in [2.45, 2.75) is 0 Å². The lowest BCUT2D eigenvalue weighted by molar-refractivity contribution is -0.547. The second-order valence-electron chi connectivity index (χ2n) is 6.29. The van der Waals surface area contributed by atoms with E-state index in [0.717, 1.165) is 25.4 Å². The van der Waals surface area contributed by atoms with Crippen molar-refractivity contribution in [3.8, 4) is 0 Å². The summed E-state index contributed by atoms with van der Waals surface area (Å²) in [5.74, 6) is 0.917. The Kier molecular flexibility index (Phi) is 6.30. The maximum absolute atomic E-state index is 11.7. The third kappa shape index (κ3) is 4.65. The smallest absolute Gasteiger partial charge is 0.281 e. The Labute approximate surface area is 159 Å². The van der Waals surface area contributed by atoms with Gasteiger partial charge < -0.3 is 15.1 Å². The number of hydrogen-bond donors (Lipinski definition) is 1. The average Bonchev–Trinajstić information content (AvgIpc) is 3.10. The van der Waals surface area contributed by atoms with Crippen LogP contribution in [-0.4, -0.2) is 49.6 Å². The van der Waals surface area contributed by atoms with Gasteiger partial charge in [0.15, 0.2) is 6.20 Å². The molecule has 0 spiro atoms. The maximum Gasteiger partial charge on any atom is 0.281 e. The highest BCUT2D eigenvalue weighted by molar-refractivity contribution is 8.13. The molecular formula is C20H26N4OS+2. The van der Waals surface area contributed by atoms with E-state index in [1.54, 1.807) is 0 Å². The van der Waals surface area contributed by atoms with Gasteiger partial charge in [0.05, 0.1) is 7.05 Å². The van der Waals surface area contributed by atoms with Crippen molar-refractivity contribution in [2.75, 3.05) is 44.4 Å². The fourth-order valence-corrected chi connectivity index (χ4v) is 3.76. The topological polar surface area (TPSA) is 54.3 Å². The summed E-state index contributed by atoms with van der Waals surface area (Å²) in [6, 6.07) is 10.6. The number of H-pyrrole nitrogens is 1. The molecule has 0 unspecified atom stereocenters. The van der Waals surface area contributed by atoms with Crippen molar-refractivity contribution in [1.82, 2.24) is 4.90 Å². The number of aromatic amines is 1. The number of carbonyl (C=O) groups excluding carboxylic acids is 1. The molecule has 3 rings (SSSR count). The predicted molar refractivity (Wildman–Crippen MR) is 109 cm³/mol. The quantitative estimate of drug-likeness (QED) is 0.812. The Morgan fingerprint density at radius 3 is 2.77 bits per heavy atom. The number of pyridine rings is 1. The standard InChI is InChI=1S/C20H24N4OS/c1-21-19-15-22-10-9-17(19)6-3-16-4-7-18(8-5-16)23(2)11-12-24-13-14-26-20(24)25/h3-10,15,21H,11-14H2,1-2H3/p+2/b6-3+. The average molecular weight is 371 g/mol. The largest absolute Gasteiger partial charge is 0.373 e. The number of quaternary nitrogens is 1. The molecule has 26 heavy (non-hydrogen) atoms. The number of nitrogens with one attached hydrogen (secondary N) is 1. The van der Waals surface area contributed by atoms with Crippen molar-refractivity contribution >= 4 is 40.5 Å². The Bertz CT molecular complexity index is 776. The molecule has 0 saturated carbocycles. The minimum atomic E-state index is 0.209. The molecule has 3 N–H and O–H groups in total. The number of thioether (sulfide) groups is 1. The highest BCUT2D eigenvalue weighted by atomic mass is 32.2. The number of carbonyl (C=O) groups is 1. The van der Waals surface area contributed by atoms with Gasteiger partial charge >= 0.3 is 0 Å². The lowest BCUT2D eigenvalue weighted by Gasteiger charge is -2.23. The van der Waals surface area contributed by atoms with Crippen LogP contribution in [0.2, 0.25) is 0 Å². The number of nitrogens with two attached hydrogens (primary N) is 1. The molecular weight excluding hydrogens is 344 g/mol. The molecule has 0 aliphatic carbocycles. The minimum Gasteiger partial charge on any atom is -0.373 e. The Hall–Kier alpha value is -2.31. The molecule has 1 aliphatic rings. The number of anilines is 1. The van der Waals surface area contributed by atoms with Crippen LogP contribution in [-0.2, 0) is 0 Å². The van der Waals surface area contributed by atoms with Crippen molar-refractivity contribution in [3.05, 3.63) is 53.9 Å². The van der Waals surface area contributed by atoms with Gasteiger partial charge in [-0.2, -0.15) is 0 Å². The zero-order valence-electron chi connectivity index (χ0n) is 15.3. The third-order valence-corrected chi connectivity index (χ3v) is 5.47. The van der Waals surface area contributed by atoms with Gasteiger partial charge in [0.1, 0.15) is 0 Å². The van der Waals surface area contributed by atoms with Crippen molar-refractivity contribution < 1.29 is 15.1 Å². The fourth-order valence-electron chi connectivity index (χ4n) is 2.91.